The second-order valence-electron chi connectivity index (χ2n) is 6.58. The van der Waals surface area contributed by atoms with Gasteiger partial charge < -0.3 is 14.5 Å². The lowest BCUT2D eigenvalue weighted by Crippen LogP contribution is -2.31. The third-order valence-electron chi connectivity index (χ3n) is 4.46. The van der Waals surface area contributed by atoms with Crippen LogP contribution in [0.1, 0.15) is 18.2 Å². The van der Waals surface area contributed by atoms with Crippen LogP contribution in [0.25, 0.3) is 22.0 Å². The van der Waals surface area contributed by atoms with Gasteiger partial charge in [-0.1, -0.05) is 0 Å². The summed E-state index contributed by atoms with van der Waals surface area (Å²) in [6, 6.07) is 11.0. The third-order valence-corrected chi connectivity index (χ3v) is 4.46. The van der Waals surface area contributed by atoms with Crippen molar-refractivity contribution in [3.63, 3.8) is 0 Å². The number of benzene rings is 1. The number of hydrogen-bond acceptors (Lipinski definition) is 6. The van der Waals surface area contributed by atoms with Crippen LogP contribution in [0.4, 0.5) is 0 Å². The summed E-state index contributed by atoms with van der Waals surface area (Å²) >= 11 is 0. The van der Waals surface area contributed by atoms with Crippen LogP contribution < -0.4 is 15.7 Å². The smallest absolute Gasteiger partial charge is 0.336 e. The number of ether oxygens (including phenoxy) is 1. The van der Waals surface area contributed by atoms with Crippen molar-refractivity contribution in [1.82, 2.24) is 20.5 Å². The monoisotopic (exact) mass is 364 g/mol. The zero-order chi connectivity index (χ0) is 18.8. The Morgan fingerprint density at radius 2 is 2.15 bits per heavy atom. The molecule has 0 aliphatic heterocycles. The van der Waals surface area contributed by atoms with Gasteiger partial charge in [-0.3, -0.25) is 5.10 Å². The summed E-state index contributed by atoms with van der Waals surface area (Å²) in [5.74, 6) is 0.668. The van der Waals surface area contributed by atoms with Gasteiger partial charge in [0, 0.05) is 41.7 Å². The molecule has 4 aromatic rings. The zero-order valence-electron chi connectivity index (χ0n) is 15.2. The molecule has 0 aliphatic rings. The second-order valence-corrected chi connectivity index (χ2v) is 6.58. The quantitative estimate of drug-likeness (QED) is 0.511. The molecule has 3 aromatic heterocycles. The van der Waals surface area contributed by atoms with Gasteiger partial charge in [-0.25, -0.2) is 9.78 Å². The molecule has 0 radical (unpaired) electrons. The summed E-state index contributed by atoms with van der Waals surface area (Å²) in [7, 11) is 0. The summed E-state index contributed by atoms with van der Waals surface area (Å²) < 4.78 is 11.1. The molecule has 0 saturated carbocycles. The Morgan fingerprint density at radius 1 is 1.26 bits per heavy atom. The first kappa shape index (κ1) is 17.2. The highest BCUT2D eigenvalue weighted by Gasteiger charge is 2.09. The SMILES string of the molecule is Cc1cc(=O)oc2cc(OCC(C)NCc3[nH]nc4ncccc34)ccc12. The topological polar surface area (TPSA) is 93.0 Å². The molecule has 27 heavy (non-hydrogen) atoms. The largest absolute Gasteiger partial charge is 0.492 e. The highest BCUT2D eigenvalue weighted by Crippen LogP contribution is 2.22. The van der Waals surface area contributed by atoms with E-state index in [2.05, 4.69) is 20.5 Å². The van der Waals surface area contributed by atoms with Gasteiger partial charge in [0.1, 0.15) is 17.9 Å². The van der Waals surface area contributed by atoms with E-state index in [9.17, 15) is 4.79 Å². The van der Waals surface area contributed by atoms with Crippen molar-refractivity contribution >= 4 is 22.0 Å². The van der Waals surface area contributed by atoms with Gasteiger partial charge in [-0.05, 0) is 43.7 Å². The third kappa shape index (κ3) is 3.68. The predicted molar refractivity (Wildman–Crippen MR) is 103 cm³/mol. The van der Waals surface area contributed by atoms with E-state index in [1.54, 1.807) is 12.3 Å². The van der Waals surface area contributed by atoms with Crippen molar-refractivity contribution in [2.45, 2.75) is 26.4 Å². The van der Waals surface area contributed by atoms with Crippen LogP contribution in [-0.4, -0.2) is 27.8 Å². The van der Waals surface area contributed by atoms with Gasteiger partial charge in [-0.15, -0.1) is 0 Å². The number of hydrogen-bond donors (Lipinski definition) is 2. The van der Waals surface area contributed by atoms with E-state index in [4.69, 9.17) is 9.15 Å². The van der Waals surface area contributed by atoms with Crippen LogP contribution >= 0.6 is 0 Å². The van der Waals surface area contributed by atoms with E-state index in [0.29, 0.717) is 30.1 Å². The Labute approximate surface area is 155 Å². The fraction of sp³-hybridized carbons (Fsp3) is 0.250. The number of aromatic amines is 1. The summed E-state index contributed by atoms with van der Waals surface area (Å²) in [4.78, 5) is 15.8. The maximum Gasteiger partial charge on any atom is 0.336 e. The molecule has 7 heteroatoms. The highest BCUT2D eigenvalue weighted by molar-refractivity contribution is 5.81. The molecule has 0 spiro atoms. The normalized spacial score (nSPS) is 12.5. The first-order valence-electron chi connectivity index (χ1n) is 8.79. The van der Waals surface area contributed by atoms with Crippen LogP contribution in [0.5, 0.6) is 5.75 Å². The van der Waals surface area contributed by atoms with E-state index in [1.807, 2.05) is 38.1 Å². The molecule has 2 N–H and O–H groups in total. The van der Waals surface area contributed by atoms with Crippen LogP contribution in [0.15, 0.2) is 51.8 Å². The van der Waals surface area contributed by atoms with Crippen LogP contribution in [0.3, 0.4) is 0 Å². The molecule has 1 unspecified atom stereocenters. The lowest BCUT2D eigenvalue weighted by atomic mass is 10.1. The first-order chi connectivity index (χ1) is 13.1. The average molecular weight is 364 g/mol. The fourth-order valence-corrected chi connectivity index (χ4v) is 2.99. The number of nitrogens with one attached hydrogen (secondary N) is 2. The van der Waals surface area contributed by atoms with Crippen LogP contribution in [-0.2, 0) is 6.54 Å². The minimum absolute atomic E-state index is 0.111. The molecule has 1 aromatic carbocycles. The lowest BCUT2D eigenvalue weighted by molar-refractivity contribution is 0.272. The molecule has 3 heterocycles. The van der Waals surface area contributed by atoms with Crippen LogP contribution in [0.2, 0.25) is 0 Å². The Balaban J connectivity index is 1.38. The zero-order valence-corrected chi connectivity index (χ0v) is 15.2. The van der Waals surface area contributed by atoms with E-state index in [1.165, 1.54) is 6.07 Å². The predicted octanol–water partition coefficient (Wildman–Crippen LogP) is 2.93. The van der Waals surface area contributed by atoms with Gasteiger partial charge in [-0.2, -0.15) is 5.10 Å². The molecule has 7 nitrogen and oxygen atoms in total. The van der Waals surface area contributed by atoms with Crippen molar-refractivity contribution in [1.29, 1.82) is 0 Å². The van der Waals surface area contributed by atoms with Gasteiger partial charge >= 0.3 is 5.63 Å². The van der Waals surface area contributed by atoms with E-state index in [0.717, 1.165) is 22.0 Å². The van der Waals surface area contributed by atoms with E-state index in [-0.39, 0.29) is 11.7 Å². The number of pyridine rings is 1. The highest BCUT2D eigenvalue weighted by atomic mass is 16.5. The number of H-pyrrole nitrogens is 1. The number of rotatable bonds is 6. The molecule has 0 fully saturated rings. The molecular formula is C20H20N4O3. The van der Waals surface area contributed by atoms with E-state index < -0.39 is 0 Å². The number of aryl methyl sites for hydroxylation is 1. The number of nitrogens with zero attached hydrogens (tertiary/aromatic N) is 2. The maximum absolute atomic E-state index is 11.5. The Hall–Kier alpha value is -3.19. The summed E-state index contributed by atoms with van der Waals surface area (Å²) in [6.45, 7) is 5.05. The number of fused-ring (bicyclic) bond motifs is 2. The molecule has 0 saturated heterocycles. The Bertz CT molecular complexity index is 1150. The van der Waals surface area contributed by atoms with Crippen molar-refractivity contribution in [3.8, 4) is 5.75 Å². The minimum Gasteiger partial charge on any atom is -0.492 e. The van der Waals surface area contributed by atoms with Crippen LogP contribution in [0, 0.1) is 6.92 Å². The van der Waals surface area contributed by atoms with Crippen molar-refractivity contribution in [2.75, 3.05) is 6.61 Å². The lowest BCUT2D eigenvalue weighted by Gasteiger charge is -2.15. The molecule has 0 aliphatic carbocycles. The van der Waals surface area contributed by atoms with E-state index >= 15 is 0 Å². The van der Waals surface area contributed by atoms with Crippen molar-refractivity contribution < 1.29 is 9.15 Å². The molecule has 138 valence electrons. The first-order valence-corrected chi connectivity index (χ1v) is 8.79. The molecule has 4 rings (SSSR count). The Kier molecular flexibility index (Phi) is 4.60. The summed E-state index contributed by atoms with van der Waals surface area (Å²) in [6.07, 6.45) is 1.73. The Morgan fingerprint density at radius 3 is 3.04 bits per heavy atom. The molecule has 1 atom stereocenters. The number of aromatic nitrogens is 3. The standard InChI is InChI=1S/C20H20N4O3/c1-12-8-19(25)27-18-9-14(5-6-15(12)18)26-11-13(2)22-10-17-16-4-3-7-21-20(16)24-23-17/h3-9,13,22H,10-11H2,1-2H3,(H,21,23,24). The van der Waals surface area contributed by atoms with Crippen molar-refractivity contribution in [3.05, 3.63) is 64.3 Å². The van der Waals surface area contributed by atoms with Gasteiger partial charge in [0.05, 0.1) is 5.69 Å². The fourth-order valence-electron chi connectivity index (χ4n) is 2.99. The minimum atomic E-state index is -0.353. The van der Waals surface area contributed by atoms with Gasteiger partial charge in [0.2, 0.25) is 0 Å². The van der Waals surface area contributed by atoms with Gasteiger partial charge in [0.25, 0.3) is 0 Å². The molecule has 0 bridgehead atoms. The van der Waals surface area contributed by atoms with Gasteiger partial charge in [0.15, 0.2) is 5.65 Å². The molecule has 0 amide bonds. The summed E-state index contributed by atoms with van der Waals surface area (Å²) in [5.41, 5.74) is 2.78. The summed E-state index contributed by atoms with van der Waals surface area (Å²) in [5, 5.41) is 12.5. The maximum atomic E-state index is 11.5. The second kappa shape index (κ2) is 7.20. The molecular weight excluding hydrogens is 344 g/mol. The van der Waals surface area contributed by atoms with Crippen molar-refractivity contribution in [2.24, 2.45) is 0 Å². The average Bonchev–Trinajstić information content (AvgIpc) is 3.07.